The van der Waals surface area contributed by atoms with Crippen molar-refractivity contribution < 1.29 is 4.74 Å². The van der Waals surface area contributed by atoms with Gasteiger partial charge in [0.25, 0.3) is 0 Å². The minimum atomic E-state index is 0.265. The fourth-order valence-corrected chi connectivity index (χ4v) is 2.40. The number of hydrogen-bond donors (Lipinski definition) is 1. The van der Waals surface area contributed by atoms with Crippen molar-refractivity contribution >= 4 is 0 Å². The number of likely N-dealkylation sites (tertiary alicyclic amines) is 1. The lowest BCUT2D eigenvalue weighted by atomic mass is 10.0. The lowest BCUT2D eigenvalue weighted by Gasteiger charge is -2.41. The summed E-state index contributed by atoms with van der Waals surface area (Å²) in [6, 6.07) is 0. The highest BCUT2D eigenvalue weighted by Crippen LogP contribution is 2.15. The second-order valence-corrected chi connectivity index (χ2v) is 4.58. The number of rotatable bonds is 3. The van der Waals surface area contributed by atoms with Gasteiger partial charge in [0.05, 0.1) is 12.7 Å². The van der Waals surface area contributed by atoms with Gasteiger partial charge >= 0.3 is 0 Å². The van der Waals surface area contributed by atoms with Crippen molar-refractivity contribution in [2.24, 2.45) is 11.7 Å². The summed E-state index contributed by atoms with van der Waals surface area (Å²) in [6.45, 7) is 7.35. The Morgan fingerprint density at radius 1 is 1.36 bits per heavy atom. The summed E-state index contributed by atoms with van der Waals surface area (Å²) >= 11 is 0. The van der Waals surface area contributed by atoms with Crippen molar-refractivity contribution in [1.29, 1.82) is 0 Å². The van der Waals surface area contributed by atoms with Crippen molar-refractivity contribution in [3.05, 3.63) is 0 Å². The van der Waals surface area contributed by atoms with Crippen LogP contribution in [0.2, 0.25) is 0 Å². The average Bonchev–Trinajstić information content (AvgIpc) is 2.16. The van der Waals surface area contributed by atoms with E-state index in [0.29, 0.717) is 6.54 Å². The SMILES string of the molecule is CN1CC(CN2CCOC(CN)C2)C1. The fraction of sp³-hybridized carbons (Fsp3) is 1.00. The molecule has 82 valence electrons. The van der Waals surface area contributed by atoms with E-state index in [1.807, 2.05) is 0 Å². The summed E-state index contributed by atoms with van der Waals surface area (Å²) < 4.78 is 5.53. The minimum Gasteiger partial charge on any atom is -0.374 e. The molecule has 0 saturated carbocycles. The van der Waals surface area contributed by atoms with Gasteiger partial charge < -0.3 is 15.4 Å². The number of hydrogen-bond acceptors (Lipinski definition) is 4. The van der Waals surface area contributed by atoms with Crippen LogP contribution < -0.4 is 5.73 Å². The van der Waals surface area contributed by atoms with E-state index in [9.17, 15) is 0 Å². The first kappa shape index (κ1) is 10.4. The second-order valence-electron chi connectivity index (χ2n) is 4.58. The van der Waals surface area contributed by atoms with E-state index >= 15 is 0 Å². The van der Waals surface area contributed by atoms with Crippen molar-refractivity contribution in [2.75, 3.05) is 52.9 Å². The van der Waals surface area contributed by atoms with Gasteiger partial charge in [-0.25, -0.2) is 0 Å². The van der Waals surface area contributed by atoms with Gasteiger partial charge in [0, 0.05) is 39.3 Å². The molecule has 0 radical (unpaired) electrons. The van der Waals surface area contributed by atoms with Gasteiger partial charge in [-0.1, -0.05) is 0 Å². The molecule has 4 nitrogen and oxygen atoms in total. The zero-order valence-corrected chi connectivity index (χ0v) is 8.98. The van der Waals surface area contributed by atoms with E-state index in [-0.39, 0.29) is 6.10 Å². The smallest absolute Gasteiger partial charge is 0.0824 e. The number of nitrogens with zero attached hydrogens (tertiary/aromatic N) is 2. The van der Waals surface area contributed by atoms with Crippen LogP contribution in [0.25, 0.3) is 0 Å². The Morgan fingerprint density at radius 3 is 2.79 bits per heavy atom. The summed E-state index contributed by atoms with van der Waals surface area (Å²) in [7, 11) is 2.18. The predicted molar refractivity (Wildman–Crippen MR) is 56.2 cm³/mol. The lowest BCUT2D eigenvalue weighted by molar-refractivity contribution is -0.0369. The molecule has 4 heteroatoms. The highest BCUT2D eigenvalue weighted by molar-refractivity contribution is 4.82. The highest BCUT2D eigenvalue weighted by Gasteiger charge is 2.27. The summed E-state index contributed by atoms with van der Waals surface area (Å²) in [6.07, 6.45) is 0.265. The Morgan fingerprint density at radius 2 is 2.14 bits per heavy atom. The van der Waals surface area contributed by atoms with Gasteiger partial charge in [0.2, 0.25) is 0 Å². The molecule has 0 aromatic rings. The average molecular weight is 199 g/mol. The molecule has 0 bridgehead atoms. The van der Waals surface area contributed by atoms with Gasteiger partial charge in [-0.05, 0) is 13.0 Å². The molecule has 0 aromatic heterocycles. The van der Waals surface area contributed by atoms with Crippen LogP contribution in [0, 0.1) is 5.92 Å². The molecule has 2 aliphatic heterocycles. The van der Waals surface area contributed by atoms with Crippen LogP contribution in [0.3, 0.4) is 0 Å². The third-order valence-corrected chi connectivity index (χ3v) is 3.14. The van der Waals surface area contributed by atoms with Crippen molar-refractivity contribution in [3.63, 3.8) is 0 Å². The Kier molecular flexibility index (Phi) is 3.38. The van der Waals surface area contributed by atoms with Crippen LogP contribution in [-0.2, 0) is 4.74 Å². The molecular weight excluding hydrogens is 178 g/mol. The molecule has 2 heterocycles. The van der Waals surface area contributed by atoms with Crippen LogP contribution in [0.1, 0.15) is 0 Å². The first-order chi connectivity index (χ1) is 6.78. The third-order valence-electron chi connectivity index (χ3n) is 3.14. The summed E-state index contributed by atoms with van der Waals surface area (Å²) in [5.41, 5.74) is 5.60. The van der Waals surface area contributed by atoms with E-state index in [4.69, 9.17) is 10.5 Å². The minimum absolute atomic E-state index is 0.265. The van der Waals surface area contributed by atoms with Gasteiger partial charge in [-0.15, -0.1) is 0 Å². The van der Waals surface area contributed by atoms with Crippen LogP contribution in [0.4, 0.5) is 0 Å². The number of morpholine rings is 1. The van der Waals surface area contributed by atoms with Crippen LogP contribution in [0.15, 0.2) is 0 Å². The maximum absolute atomic E-state index is 5.60. The molecule has 2 fully saturated rings. The molecule has 2 aliphatic rings. The van der Waals surface area contributed by atoms with E-state index in [1.54, 1.807) is 0 Å². The quantitative estimate of drug-likeness (QED) is 0.646. The maximum atomic E-state index is 5.60. The predicted octanol–water partition coefficient (Wildman–Crippen LogP) is -0.792. The molecule has 0 spiro atoms. The van der Waals surface area contributed by atoms with Gasteiger partial charge in [-0.2, -0.15) is 0 Å². The second kappa shape index (κ2) is 4.57. The lowest BCUT2D eigenvalue weighted by Crippen LogP contribution is -2.53. The molecule has 2 rings (SSSR count). The summed E-state index contributed by atoms with van der Waals surface area (Å²) in [4.78, 5) is 4.87. The van der Waals surface area contributed by atoms with Gasteiger partial charge in [-0.3, -0.25) is 4.90 Å². The van der Waals surface area contributed by atoms with E-state index in [1.165, 1.54) is 19.6 Å². The molecule has 2 saturated heterocycles. The number of nitrogens with two attached hydrogens (primary N) is 1. The van der Waals surface area contributed by atoms with E-state index in [0.717, 1.165) is 25.6 Å². The maximum Gasteiger partial charge on any atom is 0.0824 e. The molecule has 1 atom stereocenters. The van der Waals surface area contributed by atoms with E-state index < -0.39 is 0 Å². The Balaban J connectivity index is 1.69. The van der Waals surface area contributed by atoms with Crippen LogP contribution >= 0.6 is 0 Å². The fourth-order valence-electron chi connectivity index (χ4n) is 2.40. The molecule has 0 amide bonds. The molecular formula is C10H21N3O. The molecule has 14 heavy (non-hydrogen) atoms. The zero-order chi connectivity index (χ0) is 9.97. The highest BCUT2D eigenvalue weighted by atomic mass is 16.5. The molecule has 0 aliphatic carbocycles. The summed E-state index contributed by atoms with van der Waals surface area (Å²) in [5, 5.41) is 0. The Hall–Kier alpha value is -0.160. The summed E-state index contributed by atoms with van der Waals surface area (Å²) in [5.74, 6) is 0.872. The van der Waals surface area contributed by atoms with E-state index in [2.05, 4.69) is 16.8 Å². The molecule has 1 unspecified atom stereocenters. The van der Waals surface area contributed by atoms with Gasteiger partial charge in [0.15, 0.2) is 0 Å². The topological polar surface area (TPSA) is 41.7 Å². The van der Waals surface area contributed by atoms with Crippen LogP contribution in [-0.4, -0.2) is 68.8 Å². The number of ether oxygens (including phenoxy) is 1. The zero-order valence-electron chi connectivity index (χ0n) is 8.98. The van der Waals surface area contributed by atoms with Gasteiger partial charge in [0.1, 0.15) is 0 Å². The van der Waals surface area contributed by atoms with Crippen molar-refractivity contribution in [2.45, 2.75) is 6.10 Å². The largest absolute Gasteiger partial charge is 0.374 e. The Bertz CT molecular complexity index is 182. The van der Waals surface area contributed by atoms with Crippen molar-refractivity contribution in [3.8, 4) is 0 Å². The van der Waals surface area contributed by atoms with Crippen LogP contribution in [0.5, 0.6) is 0 Å². The van der Waals surface area contributed by atoms with Crippen molar-refractivity contribution in [1.82, 2.24) is 9.80 Å². The standard InChI is InChI=1S/C10H21N3O/c1-12-5-9(6-12)7-13-2-3-14-10(4-11)8-13/h9-10H,2-8,11H2,1H3. The first-order valence-electron chi connectivity index (χ1n) is 5.50. The monoisotopic (exact) mass is 199 g/mol. The normalized spacial score (nSPS) is 31.7. The third kappa shape index (κ3) is 2.45. The first-order valence-corrected chi connectivity index (χ1v) is 5.50. The molecule has 0 aromatic carbocycles. The Labute approximate surface area is 86.0 Å². The molecule has 2 N–H and O–H groups in total.